The van der Waals surface area contributed by atoms with Gasteiger partial charge in [0.1, 0.15) is 0 Å². The van der Waals surface area contributed by atoms with Crippen molar-refractivity contribution in [2.45, 2.75) is 25.9 Å². The van der Waals surface area contributed by atoms with Crippen LogP contribution in [0.3, 0.4) is 0 Å². The van der Waals surface area contributed by atoms with E-state index in [2.05, 4.69) is 0 Å². The van der Waals surface area contributed by atoms with Gasteiger partial charge in [0.15, 0.2) is 0 Å². The molecule has 1 aliphatic rings. The minimum absolute atomic E-state index is 0.0985. The Hall–Kier alpha value is -2.34. The lowest BCUT2D eigenvalue weighted by atomic mass is 10.0. The third-order valence-corrected chi connectivity index (χ3v) is 4.89. The lowest BCUT2D eigenvalue weighted by Crippen LogP contribution is -2.37. The van der Waals surface area contributed by atoms with E-state index in [0.717, 1.165) is 10.9 Å². The molecule has 128 valence electrons. The molecule has 1 N–H and O–H groups in total. The maximum Gasteiger partial charge on any atom is 0.308 e. The molecule has 1 amide bonds. The van der Waals surface area contributed by atoms with E-state index in [9.17, 15) is 14.7 Å². The third kappa shape index (κ3) is 2.78. The van der Waals surface area contributed by atoms with Crippen molar-refractivity contribution < 1.29 is 19.4 Å². The highest BCUT2D eigenvalue weighted by atomic mass is 16.5. The maximum absolute atomic E-state index is 13.0. The van der Waals surface area contributed by atoms with Gasteiger partial charge < -0.3 is 19.3 Å². The van der Waals surface area contributed by atoms with Crippen molar-refractivity contribution in [3.63, 3.8) is 0 Å². The first kappa shape index (κ1) is 16.5. The van der Waals surface area contributed by atoms with E-state index in [1.807, 2.05) is 42.0 Å². The highest BCUT2D eigenvalue weighted by molar-refractivity contribution is 6.07. The van der Waals surface area contributed by atoms with E-state index in [1.165, 1.54) is 0 Å². The fourth-order valence-electron chi connectivity index (χ4n) is 3.50. The number of aromatic nitrogens is 1. The first-order valence-corrected chi connectivity index (χ1v) is 8.15. The minimum Gasteiger partial charge on any atom is -0.481 e. The molecule has 6 heteroatoms. The van der Waals surface area contributed by atoms with Crippen LogP contribution in [0.2, 0.25) is 0 Å². The Bertz CT molecular complexity index is 767. The molecule has 6 nitrogen and oxygen atoms in total. The second-order valence-electron chi connectivity index (χ2n) is 6.22. The number of benzene rings is 1. The summed E-state index contributed by atoms with van der Waals surface area (Å²) in [5.41, 5.74) is 1.61. The lowest BCUT2D eigenvalue weighted by Gasteiger charge is -2.23. The van der Waals surface area contributed by atoms with Gasteiger partial charge in [0.05, 0.1) is 18.1 Å². The molecule has 1 aromatic carbocycles. The zero-order valence-electron chi connectivity index (χ0n) is 13.9. The summed E-state index contributed by atoms with van der Waals surface area (Å²) in [6.45, 7) is 3.52. The SMILES string of the molecule is COCCn1cc(C(=O)N2CCC(C(=O)O)C2C)c2ccccc21. The summed E-state index contributed by atoms with van der Waals surface area (Å²) < 4.78 is 7.16. The van der Waals surface area contributed by atoms with E-state index in [1.54, 1.807) is 12.0 Å². The molecule has 2 heterocycles. The second kappa shape index (κ2) is 6.65. The summed E-state index contributed by atoms with van der Waals surface area (Å²) >= 11 is 0. The molecule has 0 saturated carbocycles. The van der Waals surface area contributed by atoms with Crippen LogP contribution in [-0.2, 0) is 16.1 Å². The first-order chi connectivity index (χ1) is 11.5. The zero-order chi connectivity index (χ0) is 17.3. The van der Waals surface area contributed by atoms with Gasteiger partial charge in [-0.15, -0.1) is 0 Å². The fourth-order valence-corrected chi connectivity index (χ4v) is 3.50. The minimum atomic E-state index is -0.833. The van der Waals surface area contributed by atoms with Crippen molar-refractivity contribution in [1.29, 1.82) is 0 Å². The summed E-state index contributed by atoms with van der Waals surface area (Å²) in [4.78, 5) is 26.0. The number of aliphatic carboxylic acids is 1. The number of carbonyl (C=O) groups is 2. The highest BCUT2D eigenvalue weighted by Crippen LogP contribution is 2.29. The van der Waals surface area contributed by atoms with Gasteiger partial charge >= 0.3 is 5.97 Å². The fraction of sp³-hybridized carbons (Fsp3) is 0.444. The van der Waals surface area contributed by atoms with Crippen molar-refractivity contribution >= 4 is 22.8 Å². The number of methoxy groups -OCH3 is 1. The molecule has 2 atom stereocenters. The number of carbonyl (C=O) groups excluding carboxylic acids is 1. The van der Waals surface area contributed by atoms with Crippen LogP contribution in [0, 0.1) is 5.92 Å². The molecule has 0 spiro atoms. The Kier molecular flexibility index (Phi) is 4.57. The number of nitrogens with zero attached hydrogens (tertiary/aromatic N) is 2. The van der Waals surface area contributed by atoms with Crippen molar-refractivity contribution in [2.24, 2.45) is 5.92 Å². The maximum atomic E-state index is 13.0. The topological polar surface area (TPSA) is 71.8 Å². The van der Waals surface area contributed by atoms with Crippen molar-refractivity contribution in [3.05, 3.63) is 36.0 Å². The number of hydrogen-bond donors (Lipinski definition) is 1. The number of fused-ring (bicyclic) bond motifs is 1. The van der Waals surface area contributed by atoms with Crippen LogP contribution in [0.4, 0.5) is 0 Å². The van der Waals surface area contributed by atoms with Gasteiger partial charge in [0, 0.05) is 43.3 Å². The zero-order valence-corrected chi connectivity index (χ0v) is 13.9. The summed E-state index contributed by atoms with van der Waals surface area (Å²) in [6, 6.07) is 7.47. The molecule has 3 rings (SSSR count). The van der Waals surface area contributed by atoms with Gasteiger partial charge in [-0.1, -0.05) is 18.2 Å². The summed E-state index contributed by atoms with van der Waals surface area (Å²) in [5.74, 6) is -1.42. The number of para-hydroxylation sites is 1. The molecular formula is C18H22N2O4. The molecule has 2 aromatic rings. The number of likely N-dealkylation sites (tertiary alicyclic amines) is 1. The van der Waals surface area contributed by atoms with E-state index in [4.69, 9.17) is 4.74 Å². The van der Waals surface area contributed by atoms with Gasteiger partial charge in [-0.3, -0.25) is 9.59 Å². The van der Waals surface area contributed by atoms with Crippen molar-refractivity contribution in [2.75, 3.05) is 20.3 Å². The smallest absolute Gasteiger partial charge is 0.308 e. The monoisotopic (exact) mass is 330 g/mol. The van der Waals surface area contributed by atoms with Crippen LogP contribution in [0.25, 0.3) is 10.9 Å². The van der Waals surface area contributed by atoms with Gasteiger partial charge in [-0.05, 0) is 19.4 Å². The largest absolute Gasteiger partial charge is 0.481 e. The summed E-state index contributed by atoms with van der Waals surface area (Å²) in [5, 5.41) is 10.2. The van der Waals surface area contributed by atoms with Crippen LogP contribution < -0.4 is 0 Å². The van der Waals surface area contributed by atoms with Crippen LogP contribution in [0.1, 0.15) is 23.7 Å². The molecule has 0 aliphatic carbocycles. The lowest BCUT2D eigenvalue weighted by molar-refractivity contribution is -0.142. The summed E-state index contributed by atoms with van der Waals surface area (Å²) in [7, 11) is 1.65. The number of carboxylic acids is 1. The quantitative estimate of drug-likeness (QED) is 0.912. The van der Waals surface area contributed by atoms with Crippen LogP contribution in [-0.4, -0.2) is 52.8 Å². The molecule has 0 radical (unpaired) electrons. The van der Waals surface area contributed by atoms with E-state index in [-0.39, 0.29) is 11.9 Å². The van der Waals surface area contributed by atoms with Crippen LogP contribution >= 0.6 is 0 Å². The van der Waals surface area contributed by atoms with Gasteiger partial charge in [0.2, 0.25) is 0 Å². The number of amides is 1. The number of ether oxygens (including phenoxy) is 1. The van der Waals surface area contributed by atoms with Crippen molar-refractivity contribution in [3.8, 4) is 0 Å². The van der Waals surface area contributed by atoms with Gasteiger partial charge in [0.25, 0.3) is 5.91 Å². The standard InChI is InChI=1S/C18H22N2O4/c1-12-13(18(22)23)7-8-20(12)17(21)15-11-19(9-10-24-2)16-6-4-3-5-14(15)16/h3-6,11-13H,7-10H2,1-2H3,(H,22,23). The Morgan fingerprint density at radius 1 is 1.33 bits per heavy atom. The predicted octanol–water partition coefficient (Wildman–Crippen LogP) is 2.22. The third-order valence-electron chi connectivity index (χ3n) is 4.89. The molecule has 2 unspecified atom stereocenters. The average molecular weight is 330 g/mol. The molecule has 1 aliphatic heterocycles. The van der Waals surface area contributed by atoms with E-state index < -0.39 is 11.9 Å². The molecular weight excluding hydrogens is 308 g/mol. The number of hydrogen-bond acceptors (Lipinski definition) is 3. The second-order valence-corrected chi connectivity index (χ2v) is 6.22. The average Bonchev–Trinajstić information content (AvgIpc) is 3.13. The Labute approximate surface area is 140 Å². The molecule has 1 saturated heterocycles. The Morgan fingerprint density at radius 3 is 2.75 bits per heavy atom. The first-order valence-electron chi connectivity index (χ1n) is 8.15. The van der Waals surface area contributed by atoms with Crippen LogP contribution in [0.5, 0.6) is 0 Å². The van der Waals surface area contributed by atoms with E-state index in [0.29, 0.717) is 31.7 Å². The molecule has 1 fully saturated rings. The normalized spacial score (nSPS) is 20.7. The number of rotatable bonds is 5. The molecule has 1 aromatic heterocycles. The summed E-state index contributed by atoms with van der Waals surface area (Å²) in [6.07, 6.45) is 2.36. The predicted molar refractivity (Wildman–Crippen MR) is 90.1 cm³/mol. The number of carboxylic acid groups (broad SMARTS) is 1. The van der Waals surface area contributed by atoms with Crippen molar-refractivity contribution in [1.82, 2.24) is 9.47 Å². The van der Waals surface area contributed by atoms with E-state index >= 15 is 0 Å². The van der Waals surface area contributed by atoms with Gasteiger partial charge in [-0.25, -0.2) is 0 Å². The van der Waals surface area contributed by atoms with Gasteiger partial charge in [-0.2, -0.15) is 0 Å². The van der Waals surface area contributed by atoms with Crippen LogP contribution in [0.15, 0.2) is 30.5 Å². The Balaban J connectivity index is 1.94. The highest BCUT2D eigenvalue weighted by Gasteiger charge is 2.39. The molecule has 24 heavy (non-hydrogen) atoms. The Morgan fingerprint density at radius 2 is 2.08 bits per heavy atom. The molecule has 0 bridgehead atoms.